The van der Waals surface area contributed by atoms with Crippen molar-refractivity contribution in [1.82, 2.24) is 14.6 Å². The molecule has 0 radical (unpaired) electrons. The van der Waals surface area contributed by atoms with Crippen LogP contribution in [-0.2, 0) is 16.4 Å². The number of aromatic amines is 1. The summed E-state index contributed by atoms with van der Waals surface area (Å²) in [5.74, 6) is 0. The molecular weight excluding hydrogens is 286 g/mol. The second-order valence-electron chi connectivity index (χ2n) is 4.74. The molecule has 5 nitrogen and oxygen atoms in total. The number of hydrogen-bond acceptors (Lipinski definition) is 3. The Hall–Kier alpha value is -1.37. The third-order valence-corrected chi connectivity index (χ3v) is 5.03. The summed E-state index contributed by atoms with van der Waals surface area (Å²) in [5.41, 5.74) is 1.54. The van der Waals surface area contributed by atoms with Crippen LogP contribution in [0.1, 0.15) is 32.9 Å². The van der Waals surface area contributed by atoms with E-state index in [0.29, 0.717) is 21.4 Å². The van der Waals surface area contributed by atoms with Crippen molar-refractivity contribution in [2.45, 2.75) is 18.6 Å². The number of aromatic nitrogens is 1. The Morgan fingerprint density at radius 1 is 1.48 bits per heavy atom. The number of nitrogens with zero attached hydrogens (tertiary/aromatic N) is 1. The van der Waals surface area contributed by atoms with Crippen molar-refractivity contribution in [2.24, 2.45) is 0 Å². The summed E-state index contributed by atoms with van der Waals surface area (Å²) < 4.78 is 79.4. The molecule has 0 saturated carbocycles. The first-order valence-electron chi connectivity index (χ1n) is 9.92. The molecule has 0 fully saturated rings. The van der Waals surface area contributed by atoms with E-state index in [1.54, 1.807) is 18.3 Å². The predicted molar refractivity (Wildman–Crippen MR) is 87.0 cm³/mol. The first-order valence-corrected chi connectivity index (χ1v) is 7.91. The highest BCUT2D eigenvalue weighted by Crippen LogP contribution is 2.26. The van der Waals surface area contributed by atoms with Crippen LogP contribution in [0.25, 0.3) is 10.9 Å². The Balaban J connectivity index is 2.40. The van der Waals surface area contributed by atoms with Gasteiger partial charge in [0.15, 0.2) is 0 Å². The topological polar surface area (TPSA) is 65.2 Å². The van der Waals surface area contributed by atoms with Crippen molar-refractivity contribution in [3.05, 3.63) is 35.5 Å². The van der Waals surface area contributed by atoms with Gasteiger partial charge in [0, 0.05) is 31.9 Å². The van der Waals surface area contributed by atoms with Gasteiger partial charge in [0.25, 0.3) is 0 Å². The molecule has 0 aliphatic heterocycles. The standard InChI is InChI=1S/C15H23N3O2S/c1-11(21(19,20)16-2)12-5-6-15-14(9-12)13(10-17-15)7-8-18(3)4/h5-6,9-11,16-17H,7-8H2,1-4H3/i3D3,4D3,11D. The van der Waals surface area contributed by atoms with Gasteiger partial charge >= 0.3 is 0 Å². The number of sulfonamides is 1. The zero-order valence-electron chi connectivity index (χ0n) is 18.9. The van der Waals surface area contributed by atoms with E-state index in [4.69, 9.17) is 9.60 Å². The molecule has 0 amide bonds. The van der Waals surface area contributed by atoms with Gasteiger partial charge in [0.1, 0.15) is 0 Å². The van der Waals surface area contributed by atoms with E-state index in [0.717, 1.165) is 0 Å². The number of nitrogens with one attached hydrogen (secondary N) is 2. The lowest BCUT2D eigenvalue weighted by molar-refractivity contribution is 0.414. The minimum atomic E-state index is -3.93. The molecule has 6 heteroatoms. The number of benzene rings is 1. The lowest BCUT2D eigenvalue weighted by Crippen LogP contribution is -2.24. The largest absolute Gasteiger partial charge is 0.361 e. The Labute approximate surface area is 136 Å². The number of H-pyrrole nitrogens is 1. The molecule has 2 aromatic rings. The molecule has 0 aliphatic rings. The van der Waals surface area contributed by atoms with E-state index in [2.05, 4.69) is 9.71 Å². The Kier molecular flexibility index (Phi) is 2.62. The SMILES string of the molecule is [2H]C([2H])([2H])N(CCc1c[nH]c2ccc(C([2H])(C)S(=O)(=O)NC)cc12)C([2H])([2H])[2H]. The molecule has 1 aromatic carbocycles. The molecule has 0 spiro atoms. The first kappa shape index (κ1) is 8.92. The maximum atomic E-state index is 12.2. The van der Waals surface area contributed by atoms with E-state index < -0.39 is 29.2 Å². The Morgan fingerprint density at radius 3 is 2.90 bits per heavy atom. The van der Waals surface area contributed by atoms with Crippen LogP contribution in [0.5, 0.6) is 0 Å². The van der Waals surface area contributed by atoms with Crippen molar-refractivity contribution < 1.29 is 18.0 Å². The zero-order chi connectivity index (χ0) is 21.5. The van der Waals surface area contributed by atoms with Gasteiger partial charge in [-0.25, -0.2) is 13.1 Å². The molecule has 0 aliphatic carbocycles. The molecule has 1 heterocycles. The Morgan fingerprint density at radius 2 is 2.24 bits per heavy atom. The molecule has 1 atom stereocenters. The van der Waals surface area contributed by atoms with Gasteiger partial charge in [-0.1, -0.05) is 6.07 Å². The highest BCUT2D eigenvalue weighted by molar-refractivity contribution is 7.89. The average Bonchev–Trinajstić information content (AvgIpc) is 2.94. The van der Waals surface area contributed by atoms with Crippen LogP contribution >= 0.6 is 0 Å². The summed E-state index contributed by atoms with van der Waals surface area (Å²) in [4.78, 5) is 3.47. The Bertz CT molecular complexity index is 935. The maximum absolute atomic E-state index is 12.2. The lowest BCUT2D eigenvalue weighted by atomic mass is 10.1. The van der Waals surface area contributed by atoms with Crippen LogP contribution in [0.2, 0.25) is 0 Å². The van der Waals surface area contributed by atoms with Gasteiger partial charge in [-0.05, 0) is 57.6 Å². The predicted octanol–water partition coefficient (Wildman–Crippen LogP) is 1.88. The van der Waals surface area contributed by atoms with E-state index >= 15 is 0 Å². The zero-order valence-corrected chi connectivity index (χ0v) is 12.7. The number of hydrogen-bond donors (Lipinski definition) is 2. The van der Waals surface area contributed by atoms with E-state index in [1.165, 1.54) is 20.0 Å². The highest BCUT2D eigenvalue weighted by atomic mass is 32.2. The average molecular weight is 316 g/mol. The van der Waals surface area contributed by atoms with Gasteiger partial charge in [-0.15, -0.1) is 0 Å². The maximum Gasteiger partial charge on any atom is 0.218 e. The second-order valence-corrected chi connectivity index (χ2v) is 6.77. The van der Waals surface area contributed by atoms with E-state index in [-0.39, 0.29) is 18.5 Å². The number of fused-ring (bicyclic) bond motifs is 1. The minimum Gasteiger partial charge on any atom is -0.361 e. The number of likely N-dealkylation sites (N-methyl/N-ethyl adjacent to an activating group) is 1. The van der Waals surface area contributed by atoms with E-state index in [9.17, 15) is 8.42 Å². The molecule has 116 valence electrons. The summed E-state index contributed by atoms with van der Waals surface area (Å²) >= 11 is 0. The van der Waals surface area contributed by atoms with Gasteiger partial charge in [0.2, 0.25) is 10.0 Å². The summed E-state index contributed by atoms with van der Waals surface area (Å²) in [7, 11) is -2.69. The fraction of sp³-hybridized carbons (Fsp3) is 0.467. The van der Waals surface area contributed by atoms with Crippen molar-refractivity contribution >= 4 is 20.9 Å². The molecule has 1 aromatic heterocycles. The van der Waals surface area contributed by atoms with Crippen LogP contribution in [0.15, 0.2) is 24.4 Å². The first-order chi connectivity index (χ1) is 12.6. The van der Waals surface area contributed by atoms with E-state index in [1.807, 2.05) is 0 Å². The van der Waals surface area contributed by atoms with Crippen molar-refractivity contribution in [3.63, 3.8) is 0 Å². The molecule has 2 N–H and O–H groups in total. The molecular formula is C15H23N3O2S. The van der Waals surface area contributed by atoms with Crippen molar-refractivity contribution in [2.75, 3.05) is 27.5 Å². The van der Waals surface area contributed by atoms with Crippen LogP contribution in [0.4, 0.5) is 0 Å². The van der Waals surface area contributed by atoms with Gasteiger partial charge < -0.3 is 9.88 Å². The smallest absolute Gasteiger partial charge is 0.218 e. The summed E-state index contributed by atoms with van der Waals surface area (Å²) in [6.07, 6.45) is 1.74. The molecule has 21 heavy (non-hydrogen) atoms. The fourth-order valence-electron chi connectivity index (χ4n) is 2.14. The lowest BCUT2D eigenvalue weighted by Gasteiger charge is -2.13. The molecule has 2 rings (SSSR count). The van der Waals surface area contributed by atoms with Crippen LogP contribution in [0, 0.1) is 0 Å². The quantitative estimate of drug-likeness (QED) is 0.855. The van der Waals surface area contributed by atoms with Crippen LogP contribution in [0.3, 0.4) is 0 Å². The molecule has 1 unspecified atom stereocenters. The summed E-state index contributed by atoms with van der Waals surface area (Å²) in [5, 5.41) is -1.33. The minimum absolute atomic E-state index is 0.119. The third kappa shape index (κ3) is 3.45. The highest BCUT2D eigenvalue weighted by Gasteiger charge is 2.21. The monoisotopic (exact) mass is 316 g/mol. The third-order valence-electron chi connectivity index (χ3n) is 3.45. The molecule has 0 bridgehead atoms. The van der Waals surface area contributed by atoms with Gasteiger partial charge in [0.05, 0.1) is 6.60 Å². The van der Waals surface area contributed by atoms with Crippen molar-refractivity contribution in [3.8, 4) is 0 Å². The van der Waals surface area contributed by atoms with Gasteiger partial charge in [-0.2, -0.15) is 0 Å². The summed E-state index contributed by atoms with van der Waals surface area (Å²) in [6.45, 7) is -4.53. The van der Waals surface area contributed by atoms with Crippen LogP contribution in [-0.4, -0.2) is 45.8 Å². The normalized spacial score (nSPS) is 21.6. The summed E-state index contributed by atoms with van der Waals surface area (Å²) in [6, 6.07) is 4.72. The van der Waals surface area contributed by atoms with Crippen LogP contribution < -0.4 is 4.72 Å². The van der Waals surface area contributed by atoms with Gasteiger partial charge in [-0.3, -0.25) is 0 Å². The fourth-order valence-corrected chi connectivity index (χ4v) is 2.89. The number of rotatable bonds is 6. The van der Waals surface area contributed by atoms with Crippen molar-refractivity contribution in [1.29, 1.82) is 0 Å². The second kappa shape index (κ2) is 6.17. The molecule has 0 saturated heterocycles.